The summed E-state index contributed by atoms with van der Waals surface area (Å²) in [4.78, 5) is 57.0. The van der Waals surface area contributed by atoms with Crippen LogP contribution in [0.5, 0.6) is 0 Å². The Labute approximate surface area is 284 Å². The molecule has 1 saturated carbocycles. The maximum Gasteiger partial charge on any atom is 0.341 e. The molecule has 11 nitrogen and oxygen atoms in total. The van der Waals surface area contributed by atoms with Gasteiger partial charge in [-0.25, -0.2) is 14.0 Å². The number of halogens is 1. The second kappa shape index (κ2) is 14.8. The number of hydrogen-bond donors (Lipinski definition) is 3. The Balaban J connectivity index is 0.938. The van der Waals surface area contributed by atoms with Gasteiger partial charge in [0.25, 0.3) is 5.56 Å². The molecule has 2 fully saturated rings. The maximum atomic E-state index is 15.3. The molecule has 1 saturated heterocycles. The number of nitrogens with zero attached hydrogens (tertiary/aromatic N) is 4. The summed E-state index contributed by atoms with van der Waals surface area (Å²) in [7, 11) is 0. The number of hydrogen-bond acceptors (Lipinski definition) is 7. The molecule has 0 amide bonds. The zero-order valence-electron chi connectivity index (χ0n) is 28.3. The lowest BCUT2D eigenvalue weighted by atomic mass is 10.1. The van der Waals surface area contributed by atoms with Crippen molar-refractivity contribution in [1.29, 1.82) is 0 Å². The van der Waals surface area contributed by atoms with Crippen LogP contribution in [0.15, 0.2) is 57.0 Å². The zero-order chi connectivity index (χ0) is 34.7. The third-order valence-corrected chi connectivity index (χ3v) is 9.87. The van der Waals surface area contributed by atoms with E-state index in [2.05, 4.69) is 29.0 Å². The number of fused-ring (bicyclic) bond motifs is 1. The van der Waals surface area contributed by atoms with Crippen molar-refractivity contribution in [3.8, 4) is 0 Å². The number of pyridine rings is 1. The third kappa shape index (κ3) is 7.80. The number of aryl methyl sites for hydroxylation is 2. The summed E-state index contributed by atoms with van der Waals surface area (Å²) in [6.45, 7) is 8.39. The summed E-state index contributed by atoms with van der Waals surface area (Å²) in [6, 6.07) is 10.5. The molecule has 0 spiro atoms. The van der Waals surface area contributed by atoms with Crippen molar-refractivity contribution in [2.45, 2.75) is 77.8 Å². The summed E-state index contributed by atoms with van der Waals surface area (Å²) < 4.78 is 18.4. The van der Waals surface area contributed by atoms with Crippen LogP contribution < -0.4 is 26.9 Å². The first-order valence-corrected chi connectivity index (χ1v) is 17.4. The third-order valence-electron chi connectivity index (χ3n) is 9.87. The van der Waals surface area contributed by atoms with Gasteiger partial charge in [-0.15, -0.1) is 0 Å². The van der Waals surface area contributed by atoms with E-state index in [1.54, 1.807) is 6.07 Å². The number of rotatable bonds is 14. The van der Waals surface area contributed by atoms with E-state index < -0.39 is 22.9 Å². The van der Waals surface area contributed by atoms with Crippen LogP contribution in [0.3, 0.4) is 0 Å². The molecule has 2 aromatic heterocycles. The van der Waals surface area contributed by atoms with Gasteiger partial charge in [0.05, 0.1) is 11.2 Å². The van der Waals surface area contributed by atoms with Crippen molar-refractivity contribution in [2.24, 2.45) is 0 Å². The lowest BCUT2D eigenvalue weighted by Gasteiger charge is -2.36. The summed E-state index contributed by atoms with van der Waals surface area (Å²) in [6.07, 6.45) is 8.87. The van der Waals surface area contributed by atoms with Crippen LogP contribution in [-0.4, -0.2) is 62.8 Å². The molecule has 3 heterocycles. The predicted molar refractivity (Wildman–Crippen MR) is 190 cm³/mol. The SMILES string of the molecule is CCc1cc(Nc2cc(=O)n(CCCCCCCN3CCN(c4cc5c(cc4F)c(=O)c(C(=O)O)cn5C4CC4)CC3)c(=O)[nH]2)ccc1C. The van der Waals surface area contributed by atoms with Gasteiger partial charge in [0.15, 0.2) is 0 Å². The number of anilines is 3. The number of aromatic carboxylic acids is 1. The van der Waals surface area contributed by atoms with Gasteiger partial charge in [-0.1, -0.05) is 32.3 Å². The molecular weight excluding hydrogens is 627 g/mol. The highest BCUT2D eigenvalue weighted by Gasteiger charge is 2.28. The van der Waals surface area contributed by atoms with E-state index in [0.717, 1.165) is 76.7 Å². The Kier molecular flexibility index (Phi) is 10.3. The summed E-state index contributed by atoms with van der Waals surface area (Å²) in [5, 5.41) is 12.8. The number of aromatic amines is 1. The molecule has 0 bridgehead atoms. The number of aromatic nitrogens is 3. The van der Waals surface area contributed by atoms with Gasteiger partial charge in [-0.3, -0.25) is 24.0 Å². The first kappa shape index (κ1) is 34.2. The summed E-state index contributed by atoms with van der Waals surface area (Å²) in [5.41, 5.74) is 2.57. The highest BCUT2D eigenvalue weighted by atomic mass is 19.1. The van der Waals surface area contributed by atoms with Crippen LogP contribution in [0.2, 0.25) is 0 Å². The average Bonchev–Trinajstić information content (AvgIpc) is 3.92. The minimum atomic E-state index is -1.30. The number of carboxylic acids is 1. The zero-order valence-corrected chi connectivity index (χ0v) is 28.3. The Morgan fingerprint density at radius 1 is 0.959 bits per heavy atom. The van der Waals surface area contributed by atoms with Crippen LogP contribution in [0, 0.1) is 12.7 Å². The van der Waals surface area contributed by atoms with Crippen molar-refractivity contribution in [1.82, 2.24) is 19.0 Å². The molecule has 12 heteroatoms. The van der Waals surface area contributed by atoms with Crippen LogP contribution in [0.25, 0.3) is 10.9 Å². The fraction of sp³-hybridized carbons (Fsp3) is 0.459. The molecule has 4 aromatic rings. The number of benzene rings is 2. The number of H-pyrrole nitrogens is 1. The van der Waals surface area contributed by atoms with E-state index in [4.69, 9.17) is 0 Å². The average molecular weight is 673 g/mol. The van der Waals surface area contributed by atoms with Gasteiger partial charge in [-0.2, -0.15) is 0 Å². The fourth-order valence-corrected chi connectivity index (χ4v) is 6.84. The minimum Gasteiger partial charge on any atom is -0.477 e. The summed E-state index contributed by atoms with van der Waals surface area (Å²) in [5.74, 6) is -1.42. The first-order chi connectivity index (χ1) is 23.6. The Hall–Kier alpha value is -4.71. The first-order valence-electron chi connectivity index (χ1n) is 17.4. The molecule has 2 aromatic carbocycles. The summed E-state index contributed by atoms with van der Waals surface area (Å²) >= 11 is 0. The topological polar surface area (TPSA) is 133 Å². The van der Waals surface area contributed by atoms with Crippen molar-refractivity contribution in [3.05, 3.63) is 96.2 Å². The Bertz CT molecular complexity index is 1990. The molecular formula is C37H45FN6O5. The van der Waals surface area contributed by atoms with Crippen molar-refractivity contribution in [3.63, 3.8) is 0 Å². The van der Waals surface area contributed by atoms with Crippen LogP contribution in [0.1, 0.15) is 79.4 Å². The minimum absolute atomic E-state index is 0.111. The van der Waals surface area contributed by atoms with Gasteiger partial charge in [0.1, 0.15) is 17.2 Å². The van der Waals surface area contributed by atoms with E-state index in [0.29, 0.717) is 36.7 Å². The maximum absolute atomic E-state index is 15.3. The van der Waals surface area contributed by atoms with Gasteiger partial charge in [0, 0.05) is 62.1 Å². The van der Waals surface area contributed by atoms with E-state index in [-0.39, 0.29) is 22.6 Å². The van der Waals surface area contributed by atoms with Crippen molar-refractivity contribution >= 4 is 34.1 Å². The van der Waals surface area contributed by atoms with E-state index in [9.17, 15) is 24.3 Å². The van der Waals surface area contributed by atoms with Gasteiger partial charge >= 0.3 is 11.7 Å². The van der Waals surface area contributed by atoms with Gasteiger partial charge in [-0.05, 0) is 81.0 Å². The molecule has 3 N–H and O–H groups in total. The molecule has 0 atom stereocenters. The lowest BCUT2D eigenvalue weighted by molar-refractivity contribution is 0.0694. The molecule has 6 rings (SSSR count). The second-order valence-electron chi connectivity index (χ2n) is 13.3. The number of carbonyl (C=O) groups is 1. The highest BCUT2D eigenvalue weighted by molar-refractivity contribution is 5.93. The predicted octanol–water partition coefficient (Wildman–Crippen LogP) is 5.41. The highest BCUT2D eigenvalue weighted by Crippen LogP contribution is 2.38. The van der Waals surface area contributed by atoms with Crippen LogP contribution >= 0.6 is 0 Å². The monoisotopic (exact) mass is 672 g/mol. The van der Waals surface area contributed by atoms with Gasteiger partial charge < -0.3 is 19.9 Å². The lowest BCUT2D eigenvalue weighted by Crippen LogP contribution is -2.47. The fourth-order valence-electron chi connectivity index (χ4n) is 6.84. The van der Waals surface area contributed by atoms with E-state index in [1.165, 1.54) is 34.0 Å². The number of carboxylic acid groups (broad SMARTS) is 1. The quantitative estimate of drug-likeness (QED) is 0.152. The van der Waals surface area contributed by atoms with Crippen LogP contribution in [0.4, 0.5) is 21.6 Å². The molecule has 260 valence electrons. The number of nitrogens with one attached hydrogen (secondary N) is 2. The molecule has 2 aliphatic rings. The second-order valence-corrected chi connectivity index (χ2v) is 13.3. The van der Waals surface area contributed by atoms with Crippen LogP contribution in [-0.2, 0) is 13.0 Å². The number of piperazine rings is 1. The van der Waals surface area contributed by atoms with Crippen molar-refractivity contribution < 1.29 is 14.3 Å². The number of unbranched alkanes of at least 4 members (excludes halogenated alkanes) is 4. The molecule has 49 heavy (non-hydrogen) atoms. The molecule has 0 radical (unpaired) electrons. The molecule has 0 unspecified atom stereocenters. The largest absolute Gasteiger partial charge is 0.477 e. The normalized spacial score (nSPS) is 15.2. The molecule has 1 aliphatic carbocycles. The molecule has 1 aliphatic heterocycles. The van der Waals surface area contributed by atoms with Gasteiger partial charge in [0.2, 0.25) is 5.43 Å². The standard InChI is InChI=1S/C37H45FN6O5/c1-3-25-19-26(10-9-24(25)2)39-33-22-34(45)43(37(49)40-33)14-8-6-4-5-7-13-41-15-17-42(18-16-41)32-21-31-28(20-30(32)38)35(46)29(36(47)48)23-44(31)27-11-12-27/h9-10,19-23,27,39H,3-8,11-18H2,1-2H3,(H,40,49)(H,47,48). The van der Waals surface area contributed by atoms with E-state index >= 15 is 4.39 Å². The Morgan fingerprint density at radius 3 is 2.35 bits per heavy atom. The Morgan fingerprint density at radius 2 is 1.67 bits per heavy atom. The van der Waals surface area contributed by atoms with Crippen molar-refractivity contribution in [2.75, 3.05) is 42.9 Å². The smallest absolute Gasteiger partial charge is 0.341 e. The van der Waals surface area contributed by atoms with E-state index in [1.807, 2.05) is 27.7 Å².